The van der Waals surface area contributed by atoms with Gasteiger partial charge in [-0.25, -0.2) is 13.2 Å². The third kappa shape index (κ3) is 6.55. The van der Waals surface area contributed by atoms with Gasteiger partial charge in [-0.3, -0.25) is 19.3 Å². The molecule has 36 heavy (non-hydrogen) atoms. The number of carbonyl (C=O) groups is 3. The van der Waals surface area contributed by atoms with Gasteiger partial charge in [-0.2, -0.15) is 0 Å². The monoisotopic (exact) mass is 544 g/mol. The smallest absolute Gasteiger partial charge is 0.261 e. The molecule has 8 nitrogen and oxygen atoms in total. The van der Waals surface area contributed by atoms with E-state index >= 15 is 0 Å². The zero-order chi connectivity index (χ0) is 25.8. The summed E-state index contributed by atoms with van der Waals surface area (Å²) < 4.78 is 47.0. The van der Waals surface area contributed by atoms with Crippen LogP contribution >= 0.6 is 22.9 Å². The van der Waals surface area contributed by atoms with Crippen LogP contribution in [-0.2, 0) is 14.3 Å². The third-order valence-corrected chi connectivity index (χ3v) is 7.06. The molecule has 2 aliphatic rings. The maximum absolute atomic E-state index is 14.9. The number of ether oxygens (including phenoxy) is 1. The fourth-order valence-corrected chi connectivity index (χ4v) is 4.91. The number of morpholine rings is 1. The van der Waals surface area contributed by atoms with E-state index < -0.39 is 36.6 Å². The minimum atomic E-state index is -2.70. The van der Waals surface area contributed by atoms with E-state index in [1.807, 2.05) is 0 Å². The van der Waals surface area contributed by atoms with Gasteiger partial charge < -0.3 is 20.3 Å². The van der Waals surface area contributed by atoms with Crippen LogP contribution < -0.4 is 15.5 Å². The van der Waals surface area contributed by atoms with Crippen LogP contribution in [-0.4, -0.2) is 74.0 Å². The molecule has 13 heteroatoms. The molecule has 1 atom stereocenters. The van der Waals surface area contributed by atoms with Gasteiger partial charge >= 0.3 is 0 Å². The quantitative estimate of drug-likeness (QED) is 0.479. The standard InChI is InChI=1S/C23H24ClF3N4O4S/c24-19-6-5-18(36-19)23(34)28-10-17(31(11-20(26)27)13-1-2-13)22(33)29-16-4-3-14(9-15(16)25)30-7-8-35-12-21(30)32/h3-6,9,13,17,20H,1-2,7-8,10-12H2,(H,28,34)(H,29,33)/t17-/m1/s1. The van der Waals surface area contributed by atoms with Gasteiger partial charge in [0, 0.05) is 24.8 Å². The van der Waals surface area contributed by atoms with Crippen molar-refractivity contribution in [2.24, 2.45) is 0 Å². The summed E-state index contributed by atoms with van der Waals surface area (Å²) in [6, 6.07) is 5.59. The predicted molar refractivity (Wildman–Crippen MR) is 129 cm³/mol. The summed E-state index contributed by atoms with van der Waals surface area (Å²) in [5.41, 5.74) is 0.146. The summed E-state index contributed by atoms with van der Waals surface area (Å²) >= 11 is 6.91. The summed E-state index contributed by atoms with van der Waals surface area (Å²) in [4.78, 5) is 40.7. The van der Waals surface area contributed by atoms with Gasteiger partial charge in [-0.1, -0.05) is 11.6 Å². The molecule has 1 saturated carbocycles. The maximum atomic E-state index is 14.9. The zero-order valence-corrected chi connectivity index (χ0v) is 20.6. The molecule has 0 bridgehead atoms. The fourth-order valence-electron chi connectivity index (χ4n) is 3.95. The van der Waals surface area contributed by atoms with Crippen molar-refractivity contribution in [1.82, 2.24) is 10.2 Å². The van der Waals surface area contributed by atoms with Crippen molar-refractivity contribution in [3.8, 4) is 0 Å². The maximum Gasteiger partial charge on any atom is 0.261 e. The van der Waals surface area contributed by atoms with E-state index in [1.54, 1.807) is 6.07 Å². The van der Waals surface area contributed by atoms with E-state index in [0.717, 1.165) is 17.4 Å². The van der Waals surface area contributed by atoms with Gasteiger partial charge in [0.1, 0.15) is 18.5 Å². The highest BCUT2D eigenvalue weighted by atomic mass is 35.5. The van der Waals surface area contributed by atoms with Gasteiger partial charge in [-0.05, 0) is 43.2 Å². The third-order valence-electron chi connectivity index (χ3n) is 5.83. The van der Waals surface area contributed by atoms with E-state index in [1.165, 1.54) is 28.0 Å². The van der Waals surface area contributed by atoms with Crippen LogP contribution in [0.15, 0.2) is 30.3 Å². The van der Waals surface area contributed by atoms with Crippen LogP contribution in [0.3, 0.4) is 0 Å². The lowest BCUT2D eigenvalue weighted by molar-refractivity contribution is -0.125. The molecule has 1 aliphatic carbocycles. The number of anilines is 2. The Morgan fingerprint density at radius 2 is 2.03 bits per heavy atom. The molecule has 1 aliphatic heterocycles. The second kappa shape index (κ2) is 11.6. The van der Waals surface area contributed by atoms with Crippen molar-refractivity contribution in [2.45, 2.75) is 31.4 Å². The Morgan fingerprint density at radius 3 is 2.64 bits per heavy atom. The SMILES string of the molecule is O=C(NC[C@H](C(=O)Nc1ccc(N2CCOCC2=O)cc1F)N(CC(F)F)C1CC1)c1ccc(Cl)s1. The molecule has 2 heterocycles. The lowest BCUT2D eigenvalue weighted by Crippen LogP contribution is -2.53. The normalized spacial score (nSPS) is 16.9. The van der Waals surface area contributed by atoms with E-state index in [0.29, 0.717) is 34.3 Å². The number of nitrogens with zero attached hydrogens (tertiary/aromatic N) is 2. The zero-order valence-electron chi connectivity index (χ0n) is 19.0. The van der Waals surface area contributed by atoms with Crippen LogP contribution in [0.25, 0.3) is 0 Å². The van der Waals surface area contributed by atoms with Crippen LogP contribution in [0, 0.1) is 5.82 Å². The van der Waals surface area contributed by atoms with Gasteiger partial charge in [0.25, 0.3) is 18.2 Å². The Morgan fingerprint density at radius 1 is 1.25 bits per heavy atom. The molecule has 194 valence electrons. The molecule has 1 aromatic heterocycles. The molecule has 3 amide bonds. The highest BCUT2D eigenvalue weighted by molar-refractivity contribution is 7.18. The molecular formula is C23H24ClF3N4O4S. The number of hydrogen-bond donors (Lipinski definition) is 2. The van der Waals surface area contributed by atoms with Gasteiger partial charge in [0.15, 0.2) is 0 Å². The molecule has 0 unspecified atom stereocenters. The molecule has 0 radical (unpaired) electrons. The van der Waals surface area contributed by atoms with Crippen molar-refractivity contribution >= 4 is 52.0 Å². The van der Waals surface area contributed by atoms with Crippen molar-refractivity contribution in [3.63, 3.8) is 0 Å². The van der Waals surface area contributed by atoms with E-state index in [2.05, 4.69) is 10.6 Å². The molecule has 2 fully saturated rings. The number of thiophene rings is 1. The van der Waals surface area contributed by atoms with Crippen LogP contribution in [0.4, 0.5) is 24.5 Å². The summed E-state index contributed by atoms with van der Waals surface area (Å²) in [6.07, 6.45) is -1.42. The van der Waals surface area contributed by atoms with Gasteiger partial charge in [0.05, 0.1) is 28.1 Å². The van der Waals surface area contributed by atoms with Crippen LogP contribution in [0.5, 0.6) is 0 Å². The first-order chi connectivity index (χ1) is 17.2. The number of nitrogens with one attached hydrogen (secondary N) is 2. The van der Waals surface area contributed by atoms with Crippen molar-refractivity contribution < 1.29 is 32.3 Å². The minimum Gasteiger partial charge on any atom is -0.370 e. The first-order valence-corrected chi connectivity index (χ1v) is 12.5. The summed E-state index contributed by atoms with van der Waals surface area (Å²) in [7, 11) is 0. The molecule has 1 aromatic carbocycles. The van der Waals surface area contributed by atoms with Crippen molar-refractivity contribution in [1.29, 1.82) is 0 Å². The van der Waals surface area contributed by atoms with Crippen molar-refractivity contribution in [3.05, 3.63) is 45.4 Å². The Labute approximate surface area is 214 Å². The second-order valence-corrected chi connectivity index (χ2v) is 10.1. The van der Waals surface area contributed by atoms with E-state index in [4.69, 9.17) is 16.3 Å². The van der Waals surface area contributed by atoms with E-state index in [-0.39, 0.29) is 37.3 Å². The highest BCUT2D eigenvalue weighted by Gasteiger charge is 2.39. The average Bonchev–Trinajstić information content (AvgIpc) is 3.59. The Bertz CT molecular complexity index is 1130. The first kappa shape index (κ1) is 26.4. The number of halogens is 4. The number of rotatable bonds is 10. The average molecular weight is 545 g/mol. The molecular weight excluding hydrogens is 521 g/mol. The van der Waals surface area contributed by atoms with Crippen molar-refractivity contribution in [2.75, 3.05) is 43.1 Å². The molecule has 2 N–H and O–H groups in total. The lowest BCUT2D eigenvalue weighted by Gasteiger charge is -2.31. The van der Waals surface area contributed by atoms with Gasteiger partial charge in [0.2, 0.25) is 5.91 Å². The highest BCUT2D eigenvalue weighted by Crippen LogP contribution is 2.30. The summed E-state index contributed by atoms with van der Waals surface area (Å²) in [5.74, 6) is -2.33. The number of alkyl halides is 2. The molecule has 0 spiro atoms. The lowest BCUT2D eigenvalue weighted by atomic mass is 10.1. The summed E-state index contributed by atoms with van der Waals surface area (Å²) in [6.45, 7) is -0.440. The van der Waals surface area contributed by atoms with Crippen LogP contribution in [0.2, 0.25) is 4.34 Å². The molecule has 4 rings (SSSR count). The number of carbonyl (C=O) groups excluding carboxylic acids is 3. The van der Waals surface area contributed by atoms with E-state index in [9.17, 15) is 27.6 Å². The predicted octanol–water partition coefficient (Wildman–Crippen LogP) is 3.37. The number of benzene rings is 1. The van der Waals surface area contributed by atoms with Crippen LogP contribution in [0.1, 0.15) is 22.5 Å². The molecule has 2 aromatic rings. The summed E-state index contributed by atoms with van der Waals surface area (Å²) in [5, 5.41) is 5.06. The number of amides is 3. The topological polar surface area (TPSA) is 91.0 Å². The minimum absolute atomic E-state index is 0.105. The largest absolute Gasteiger partial charge is 0.370 e. The Kier molecular flexibility index (Phi) is 8.50. The number of hydrogen-bond acceptors (Lipinski definition) is 6. The fraction of sp³-hybridized carbons (Fsp3) is 0.435. The first-order valence-electron chi connectivity index (χ1n) is 11.3. The Hall–Kier alpha value is -2.67. The van der Waals surface area contributed by atoms with Gasteiger partial charge in [-0.15, -0.1) is 11.3 Å². The second-order valence-electron chi connectivity index (χ2n) is 8.40. The molecule has 1 saturated heterocycles. The Balaban J connectivity index is 1.50.